The molecule has 3 atom stereocenters. The highest BCUT2D eigenvalue weighted by atomic mass is 16.7. The van der Waals surface area contributed by atoms with Crippen molar-refractivity contribution in [1.82, 2.24) is 0 Å². The summed E-state index contributed by atoms with van der Waals surface area (Å²) in [5.41, 5.74) is -0.510. The molecule has 96 valence electrons. The maximum absolute atomic E-state index is 11.2. The van der Waals surface area contributed by atoms with Crippen LogP contribution in [0.1, 0.15) is 33.6 Å². The van der Waals surface area contributed by atoms with Crippen LogP contribution >= 0.6 is 0 Å². The van der Waals surface area contributed by atoms with E-state index in [2.05, 4.69) is 12.1 Å². The van der Waals surface area contributed by atoms with E-state index in [1.807, 2.05) is 13.8 Å². The maximum Gasteiger partial charge on any atom is 0.354 e. The van der Waals surface area contributed by atoms with Gasteiger partial charge in [-0.15, -0.1) is 0 Å². The zero-order valence-electron chi connectivity index (χ0n) is 10.5. The van der Waals surface area contributed by atoms with Gasteiger partial charge in [0.25, 0.3) is 0 Å². The van der Waals surface area contributed by atoms with E-state index in [1.54, 1.807) is 0 Å². The Morgan fingerprint density at radius 3 is 2.82 bits per heavy atom. The van der Waals surface area contributed by atoms with Crippen molar-refractivity contribution in [3.8, 4) is 0 Å². The van der Waals surface area contributed by atoms with Crippen LogP contribution in [0.25, 0.3) is 0 Å². The zero-order valence-corrected chi connectivity index (χ0v) is 10.5. The van der Waals surface area contributed by atoms with Gasteiger partial charge in [0.15, 0.2) is 5.71 Å². The maximum atomic E-state index is 11.2. The predicted molar refractivity (Wildman–Crippen MR) is 61.9 cm³/mol. The molecule has 0 aromatic carbocycles. The Morgan fingerprint density at radius 2 is 2.24 bits per heavy atom. The monoisotopic (exact) mass is 241 g/mol. The largest absolute Gasteiger partial charge is 0.477 e. The van der Waals surface area contributed by atoms with E-state index in [9.17, 15) is 4.79 Å². The summed E-state index contributed by atoms with van der Waals surface area (Å²) in [6, 6.07) is 0. The fourth-order valence-electron chi connectivity index (χ4n) is 2.64. The van der Waals surface area contributed by atoms with E-state index in [0.29, 0.717) is 12.5 Å². The highest BCUT2D eigenvalue weighted by Gasteiger charge is 2.50. The Balaban J connectivity index is 2.20. The molecule has 0 aromatic heterocycles. The average Bonchev–Trinajstić information content (AvgIpc) is 2.54. The second-order valence-corrected chi connectivity index (χ2v) is 5.49. The summed E-state index contributed by atoms with van der Waals surface area (Å²) in [5.74, 6) is -0.745. The van der Waals surface area contributed by atoms with E-state index in [0.717, 1.165) is 12.8 Å². The molecule has 1 saturated heterocycles. The van der Waals surface area contributed by atoms with Crippen LogP contribution in [0.2, 0.25) is 0 Å². The van der Waals surface area contributed by atoms with Gasteiger partial charge in [-0.3, -0.25) is 0 Å². The molecule has 2 rings (SSSR count). The average molecular weight is 241 g/mol. The number of ether oxygens (including phenoxy) is 1. The van der Waals surface area contributed by atoms with Crippen LogP contribution in [0.3, 0.4) is 0 Å². The van der Waals surface area contributed by atoms with Crippen molar-refractivity contribution in [1.29, 1.82) is 0 Å². The highest BCUT2D eigenvalue weighted by molar-refractivity contribution is 6.37. The van der Waals surface area contributed by atoms with Gasteiger partial charge < -0.3 is 14.7 Å². The van der Waals surface area contributed by atoms with Crippen LogP contribution in [0.15, 0.2) is 5.16 Å². The van der Waals surface area contributed by atoms with Crippen LogP contribution in [0.5, 0.6) is 0 Å². The molecule has 0 amide bonds. The first kappa shape index (κ1) is 12.4. The van der Waals surface area contributed by atoms with E-state index in [-0.39, 0.29) is 17.7 Å². The van der Waals surface area contributed by atoms with Gasteiger partial charge in [-0.2, -0.15) is 0 Å². The topological polar surface area (TPSA) is 68.1 Å². The van der Waals surface area contributed by atoms with E-state index in [4.69, 9.17) is 14.7 Å². The Kier molecular flexibility index (Phi) is 3.12. The van der Waals surface area contributed by atoms with Gasteiger partial charge in [0, 0.05) is 6.61 Å². The van der Waals surface area contributed by atoms with Crippen molar-refractivity contribution in [3.63, 3.8) is 0 Å². The number of hydrogen-bond acceptors (Lipinski definition) is 4. The summed E-state index contributed by atoms with van der Waals surface area (Å²) < 4.78 is 5.72. The van der Waals surface area contributed by atoms with Crippen LogP contribution in [0, 0.1) is 11.8 Å². The molecule has 0 unspecified atom stereocenters. The normalized spacial score (nSPS) is 36.2. The summed E-state index contributed by atoms with van der Waals surface area (Å²) in [4.78, 5) is 16.4. The molecule has 5 heteroatoms. The molecule has 2 aliphatic heterocycles. The first-order valence-electron chi connectivity index (χ1n) is 6.03. The number of carboxylic acid groups (broad SMARTS) is 1. The highest BCUT2D eigenvalue weighted by Crippen LogP contribution is 2.37. The van der Waals surface area contributed by atoms with Crippen LogP contribution < -0.4 is 0 Å². The lowest BCUT2D eigenvalue weighted by atomic mass is 9.78. The molecule has 17 heavy (non-hydrogen) atoms. The molecule has 0 bridgehead atoms. The van der Waals surface area contributed by atoms with E-state index >= 15 is 0 Å². The molecule has 0 aliphatic carbocycles. The first-order chi connectivity index (χ1) is 7.92. The van der Waals surface area contributed by atoms with Crippen molar-refractivity contribution in [3.05, 3.63) is 0 Å². The third-order valence-electron chi connectivity index (χ3n) is 3.59. The van der Waals surface area contributed by atoms with Crippen molar-refractivity contribution in [2.45, 2.75) is 45.3 Å². The lowest BCUT2D eigenvalue weighted by molar-refractivity contribution is -0.130. The SMILES string of the molecule is C[C@H]1CCO[C@H]([C@@H]2C(C(=O)O)=NOC2(C)C)C1. The predicted octanol–water partition coefficient (Wildman–Crippen LogP) is 1.67. The van der Waals surface area contributed by atoms with Gasteiger partial charge in [0.2, 0.25) is 0 Å². The molecular weight excluding hydrogens is 222 g/mol. The number of carboxylic acids is 1. The number of carbonyl (C=O) groups is 1. The van der Waals surface area contributed by atoms with Gasteiger partial charge in [-0.1, -0.05) is 12.1 Å². The fraction of sp³-hybridized carbons (Fsp3) is 0.833. The lowest BCUT2D eigenvalue weighted by Gasteiger charge is -2.36. The Morgan fingerprint density at radius 1 is 1.53 bits per heavy atom. The van der Waals surface area contributed by atoms with Gasteiger partial charge in [0.1, 0.15) is 5.60 Å². The van der Waals surface area contributed by atoms with Gasteiger partial charge in [-0.05, 0) is 32.6 Å². The molecule has 2 aliphatic rings. The Hall–Kier alpha value is -1.10. The summed E-state index contributed by atoms with van der Waals surface area (Å²) in [5, 5.41) is 12.9. The molecule has 5 nitrogen and oxygen atoms in total. The summed E-state index contributed by atoms with van der Waals surface area (Å²) in [6.45, 7) is 6.57. The fourth-order valence-corrected chi connectivity index (χ4v) is 2.64. The minimum atomic E-state index is -1.01. The standard InChI is InChI=1S/C12H19NO4/c1-7-4-5-16-8(6-7)9-10(11(14)15)13-17-12(9,2)3/h7-9H,4-6H2,1-3H3,(H,14,15)/t7-,8-,9+/m0/s1. The van der Waals surface area contributed by atoms with Crippen LogP contribution in [-0.2, 0) is 14.4 Å². The molecular formula is C12H19NO4. The number of oxime groups is 1. The van der Waals surface area contributed by atoms with Crippen LogP contribution in [0.4, 0.5) is 0 Å². The second kappa shape index (κ2) is 4.29. The molecule has 0 aromatic rings. The zero-order chi connectivity index (χ0) is 12.6. The molecule has 1 fully saturated rings. The molecule has 2 heterocycles. The van der Waals surface area contributed by atoms with Crippen molar-refractivity contribution in [2.75, 3.05) is 6.61 Å². The van der Waals surface area contributed by atoms with Gasteiger partial charge >= 0.3 is 5.97 Å². The molecule has 1 N–H and O–H groups in total. The summed E-state index contributed by atoms with van der Waals surface area (Å²) in [7, 11) is 0. The Labute approximate surface area is 101 Å². The van der Waals surface area contributed by atoms with Crippen LogP contribution in [-0.4, -0.2) is 35.1 Å². The third-order valence-corrected chi connectivity index (χ3v) is 3.59. The number of rotatable bonds is 2. The molecule has 0 radical (unpaired) electrons. The van der Waals surface area contributed by atoms with Crippen molar-refractivity contribution in [2.24, 2.45) is 17.0 Å². The number of aliphatic carboxylic acids is 1. The van der Waals surface area contributed by atoms with E-state index < -0.39 is 11.6 Å². The summed E-state index contributed by atoms with van der Waals surface area (Å²) in [6.07, 6.45) is 1.79. The quantitative estimate of drug-likeness (QED) is 0.798. The van der Waals surface area contributed by atoms with Crippen molar-refractivity contribution >= 4 is 11.7 Å². The second-order valence-electron chi connectivity index (χ2n) is 5.49. The number of nitrogens with zero attached hydrogens (tertiary/aromatic N) is 1. The molecule has 0 saturated carbocycles. The Bertz CT molecular complexity index is 350. The molecule has 0 spiro atoms. The number of hydrogen-bond donors (Lipinski definition) is 1. The van der Waals surface area contributed by atoms with Gasteiger partial charge in [0.05, 0.1) is 12.0 Å². The third kappa shape index (κ3) is 2.29. The van der Waals surface area contributed by atoms with Crippen molar-refractivity contribution < 1.29 is 19.5 Å². The first-order valence-corrected chi connectivity index (χ1v) is 6.03. The summed E-state index contributed by atoms with van der Waals surface area (Å²) >= 11 is 0. The smallest absolute Gasteiger partial charge is 0.354 e. The minimum absolute atomic E-state index is 0.0918. The van der Waals surface area contributed by atoms with E-state index in [1.165, 1.54) is 0 Å². The lowest BCUT2D eigenvalue weighted by Crippen LogP contribution is -2.46. The minimum Gasteiger partial charge on any atom is -0.477 e. The van der Waals surface area contributed by atoms with Gasteiger partial charge in [-0.25, -0.2) is 4.79 Å².